The molecule has 0 rings (SSSR count). The molecule has 0 unspecified atom stereocenters. The molecule has 0 N–H and O–H groups in total. The van der Waals surface area contributed by atoms with E-state index in [9.17, 15) is 0 Å². The van der Waals surface area contributed by atoms with Gasteiger partial charge in [0.25, 0.3) is 0 Å². The zero-order chi connectivity index (χ0) is 12.9. The van der Waals surface area contributed by atoms with E-state index in [1.165, 1.54) is 0 Å². The summed E-state index contributed by atoms with van der Waals surface area (Å²) in [5, 5.41) is 0. The van der Waals surface area contributed by atoms with E-state index in [1.807, 2.05) is 6.08 Å². The second kappa shape index (κ2) is 6.27. The van der Waals surface area contributed by atoms with Crippen LogP contribution >= 0.6 is 0 Å². The summed E-state index contributed by atoms with van der Waals surface area (Å²) >= 11 is 0. The largest absolute Gasteiger partial charge is 0.103 e. The molecule has 0 aliphatic carbocycles. The van der Waals surface area contributed by atoms with Crippen molar-refractivity contribution in [3.8, 4) is 0 Å². The van der Waals surface area contributed by atoms with E-state index in [0.29, 0.717) is 11.8 Å². The molecular formula is C16H30. The Kier molecular flexibility index (Phi) is 6.07. The average molecular weight is 222 g/mol. The molecule has 0 spiro atoms. The molecule has 0 heterocycles. The first-order valence-electron chi connectivity index (χ1n) is 6.52. The summed E-state index contributed by atoms with van der Waals surface area (Å²) < 4.78 is 0. The van der Waals surface area contributed by atoms with Gasteiger partial charge in [-0.15, -0.1) is 13.2 Å². The van der Waals surface area contributed by atoms with Gasteiger partial charge in [0.15, 0.2) is 0 Å². The Morgan fingerprint density at radius 2 is 1.50 bits per heavy atom. The normalized spacial score (nSPS) is 19.6. The highest BCUT2D eigenvalue weighted by Gasteiger charge is 2.31. The SMILES string of the molecule is C=CC[C@H](C)[C@H](C)[C@@H](C)[C@@H](C)C(C)(C)C=C. The summed E-state index contributed by atoms with van der Waals surface area (Å²) in [5.41, 5.74) is 0.224. The quantitative estimate of drug-likeness (QED) is 0.511. The highest BCUT2D eigenvalue weighted by atomic mass is 14.4. The van der Waals surface area contributed by atoms with Gasteiger partial charge in [-0.1, -0.05) is 53.7 Å². The van der Waals surface area contributed by atoms with Gasteiger partial charge in [-0.3, -0.25) is 0 Å². The third-order valence-corrected chi connectivity index (χ3v) is 4.75. The van der Waals surface area contributed by atoms with Crippen LogP contribution in [0.4, 0.5) is 0 Å². The molecule has 0 heteroatoms. The Balaban J connectivity index is 4.59. The monoisotopic (exact) mass is 222 g/mol. The van der Waals surface area contributed by atoms with E-state index in [4.69, 9.17) is 0 Å². The van der Waals surface area contributed by atoms with Crippen molar-refractivity contribution in [3.05, 3.63) is 25.3 Å². The lowest BCUT2D eigenvalue weighted by molar-refractivity contribution is 0.139. The lowest BCUT2D eigenvalue weighted by Crippen LogP contribution is -2.31. The highest BCUT2D eigenvalue weighted by Crippen LogP contribution is 2.39. The van der Waals surface area contributed by atoms with Crippen LogP contribution in [0.3, 0.4) is 0 Å². The van der Waals surface area contributed by atoms with Crippen molar-refractivity contribution >= 4 is 0 Å². The summed E-state index contributed by atoms with van der Waals surface area (Å²) in [4.78, 5) is 0. The maximum atomic E-state index is 3.96. The molecule has 16 heavy (non-hydrogen) atoms. The van der Waals surface area contributed by atoms with Crippen molar-refractivity contribution < 1.29 is 0 Å². The van der Waals surface area contributed by atoms with E-state index < -0.39 is 0 Å². The highest BCUT2D eigenvalue weighted by molar-refractivity contribution is 4.94. The van der Waals surface area contributed by atoms with E-state index in [0.717, 1.165) is 18.3 Å². The van der Waals surface area contributed by atoms with Crippen LogP contribution in [-0.4, -0.2) is 0 Å². The first-order valence-corrected chi connectivity index (χ1v) is 6.52. The van der Waals surface area contributed by atoms with Crippen LogP contribution in [0.5, 0.6) is 0 Å². The Hall–Kier alpha value is -0.520. The van der Waals surface area contributed by atoms with Crippen LogP contribution in [0.2, 0.25) is 0 Å². The number of allylic oxidation sites excluding steroid dienone is 2. The topological polar surface area (TPSA) is 0 Å². The molecule has 0 radical (unpaired) electrons. The van der Waals surface area contributed by atoms with Gasteiger partial charge in [-0.2, -0.15) is 0 Å². The van der Waals surface area contributed by atoms with Crippen LogP contribution in [0.25, 0.3) is 0 Å². The summed E-state index contributed by atoms with van der Waals surface area (Å²) in [5.74, 6) is 2.82. The molecule has 0 amide bonds. The third kappa shape index (κ3) is 3.81. The van der Waals surface area contributed by atoms with E-state index >= 15 is 0 Å². The molecule has 0 bridgehead atoms. The fourth-order valence-electron chi connectivity index (χ4n) is 2.31. The minimum atomic E-state index is 0.224. The lowest BCUT2D eigenvalue weighted by Gasteiger charge is -2.38. The predicted molar refractivity (Wildman–Crippen MR) is 75.4 cm³/mol. The van der Waals surface area contributed by atoms with Gasteiger partial charge >= 0.3 is 0 Å². The predicted octanol–water partition coefficient (Wildman–Crippen LogP) is 5.32. The molecular weight excluding hydrogens is 192 g/mol. The number of hydrogen-bond donors (Lipinski definition) is 0. The summed E-state index contributed by atoms with van der Waals surface area (Å²) in [6, 6.07) is 0. The Morgan fingerprint density at radius 1 is 1.00 bits per heavy atom. The van der Waals surface area contributed by atoms with Crippen molar-refractivity contribution in [1.29, 1.82) is 0 Å². The standard InChI is InChI=1S/C16H30/c1-9-11-12(3)13(4)14(5)15(6)16(7,8)10-2/h9-10,12-15H,1-2,11H2,3-8H3/t12-,13-,14+,15+/m0/s1. The van der Waals surface area contributed by atoms with Crippen molar-refractivity contribution in [2.24, 2.45) is 29.1 Å². The molecule has 0 nitrogen and oxygen atoms in total. The van der Waals surface area contributed by atoms with Gasteiger partial charge in [0.05, 0.1) is 0 Å². The van der Waals surface area contributed by atoms with Crippen LogP contribution in [0.15, 0.2) is 25.3 Å². The fourth-order valence-corrected chi connectivity index (χ4v) is 2.31. The molecule has 0 saturated carbocycles. The maximum absolute atomic E-state index is 3.96. The van der Waals surface area contributed by atoms with Gasteiger partial charge in [-0.05, 0) is 35.5 Å². The molecule has 0 saturated heterocycles. The second-order valence-corrected chi connectivity index (χ2v) is 6.03. The summed E-state index contributed by atoms with van der Waals surface area (Å²) in [7, 11) is 0. The van der Waals surface area contributed by atoms with E-state index in [2.05, 4.69) is 60.8 Å². The van der Waals surface area contributed by atoms with Crippen molar-refractivity contribution in [2.45, 2.75) is 48.0 Å². The van der Waals surface area contributed by atoms with Gasteiger partial charge in [0, 0.05) is 0 Å². The Labute approximate surface area is 103 Å². The van der Waals surface area contributed by atoms with Crippen LogP contribution < -0.4 is 0 Å². The number of hydrogen-bond acceptors (Lipinski definition) is 0. The smallest absolute Gasteiger partial charge is 0.0149 e. The Morgan fingerprint density at radius 3 is 1.88 bits per heavy atom. The van der Waals surface area contributed by atoms with E-state index in [1.54, 1.807) is 0 Å². The second-order valence-electron chi connectivity index (χ2n) is 6.03. The zero-order valence-corrected chi connectivity index (χ0v) is 12.1. The van der Waals surface area contributed by atoms with Gasteiger partial charge < -0.3 is 0 Å². The van der Waals surface area contributed by atoms with Crippen LogP contribution in [0, 0.1) is 29.1 Å². The van der Waals surface area contributed by atoms with Crippen LogP contribution in [-0.2, 0) is 0 Å². The first-order chi connectivity index (χ1) is 7.27. The molecule has 0 aromatic carbocycles. The lowest BCUT2D eigenvalue weighted by atomic mass is 9.67. The van der Waals surface area contributed by atoms with Crippen molar-refractivity contribution in [2.75, 3.05) is 0 Å². The summed E-state index contributed by atoms with van der Waals surface area (Å²) in [6.07, 6.45) is 5.25. The number of rotatable bonds is 7. The van der Waals surface area contributed by atoms with Gasteiger partial charge in [-0.25, -0.2) is 0 Å². The summed E-state index contributed by atoms with van der Waals surface area (Å²) in [6.45, 7) is 21.8. The maximum Gasteiger partial charge on any atom is -0.0149 e. The van der Waals surface area contributed by atoms with Gasteiger partial charge in [0.1, 0.15) is 0 Å². The zero-order valence-electron chi connectivity index (χ0n) is 12.1. The molecule has 0 fully saturated rings. The Bertz CT molecular complexity index is 224. The molecule has 0 aliphatic heterocycles. The van der Waals surface area contributed by atoms with Crippen molar-refractivity contribution in [1.82, 2.24) is 0 Å². The molecule has 0 aromatic heterocycles. The van der Waals surface area contributed by atoms with Crippen LogP contribution in [0.1, 0.15) is 48.0 Å². The molecule has 0 aliphatic rings. The molecule has 4 atom stereocenters. The fraction of sp³-hybridized carbons (Fsp3) is 0.750. The molecule has 0 aromatic rings. The van der Waals surface area contributed by atoms with Gasteiger partial charge in [0.2, 0.25) is 0 Å². The average Bonchev–Trinajstić information content (AvgIpc) is 2.26. The first kappa shape index (κ1) is 15.5. The molecule has 94 valence electrons. The third-order valence-electron chi connectivity index (χ3n) is 4.75. The minimum absolute atomic E-state index is 0.224. The van der Waals surface area contributed by atoms with Crippen molar-refractivity contribution in [3.63, 3.8) is 0 Å². The minimum Gasteiger partial charge on any atom is -0.103 e. The van der Waals surface area contributed by atoms with E-state index in [-0.39, 0.29) is 5.41 Å².